The van der Waals surface area contributed by atoms with E-state index in [9.17, 15) is 0 Å². The van der Waals surface area contributed by atoms with Crippen molar-refractivity contribution in [2.24, 2.45) is 5.84 Å². The first-order chi connectivity index (χ1) is 9.67. The summed E-state index contributed by atoms with van der Waals surface area (Å²) < 4.78 is 0. The van der Waals surface area contributed by atoms with Crippen molar-refractivity contribution in [1.82, 2.24) is 5.43 Å². The predicted octanol–water partition coefficient (Wildman–Crippen LogP) is 4.43. The maximum atomic E-state index is 5.72. The van der Waals surface area contributed by atoms with Crippen molar-refractivity contribution in [2.45, 2.75) is 78.2 Å². The Morgan fingerprint density at radius 2 is 1.75 bits per heavy atom. The molecule has 0 bridgehead atoms. The lowest BCUT2D eigenvalue weighted by atomic mass is 9.96. The second kappa shape index (κ2) is 9.95. The van der Waals surface area contributed by atoms with Crippen molar-refractivity contribution < 1.29 is 0 Å². The van der Waals surface area contributed by atoms with Crippen LogP contribution in [0.3, 0.4) is 0 Å². The second-order valence-corrected chi connectivity index (χ2v) is 6.05. The number of benzene rings is 1. The van der Waals surface area contributed by atoms with E-state index in [1.54, 1.807) is 0 Å². The van der Waals surface area contributed by atoms with Gasteiger partial charge in [-0.25, -0.2) is 0 Å². The van der Waals surface area contributed by atoms with Crippen molar-refractivity contribution >= 4 is 0 Å². The van der Waals surface area contributed by atoms with E-state index in [1.165, 1.54) is 61.6 Å². The summed E-state index contributed by atoms with van der Waals surface area (Å²) in [5, 5.41) is 0. The van der Waals surface area contributed by atoms with Crippen LogP contribution in [0, 0.1) is 13.8 Å². The third kappa shape index (κ3) is 6.53. The zero-order valence-electron chi connectivity index (χ0n) is 13.5. The minimum Gasteiger partial charge on any atom is -0.271 e. The Morgan fingerprint density at radius 3 is 2.45 bits per heavy atom. The molecule has 1 atom stereocenters. The average Bonchev–Trinajstić information content (AvgIpc) is 2.45. The lowest BCUT2D eigenvalue weighted by molar-refractivity contribution is 0.459. The van der Waals surface area contributed by atoms with Gasteiger partial charge in [0.15, 0.2) is 0 Å². The summed E-state index contributed by atoms with van der Waals surface area (Å²) in [6, 6.07) is 7.09. The number of unbranched alkanes of at least 4 members (excludes halogenated alkanes) is 5. The molecule has 0 aliphatic heterocycles. The van der Waals surface area contributed by atoms with Crippen LogP contribution in [0.4, 0.5) is 0 Å². The monoisotopic (exact) mass is 276 g/mol. The number of hydrazine groups is 1. The molecular formula is C18H32N2. The van der Waals surface area contributed by atoms with Crippen LogP contribution in [0.1, 0.15) is 68.6 Å². The van der Waals surface area contributed by atoms with Gasteiger partial charge in [0, 0.05) is 6.04 Å². The van der Waals surface area contributed by atoms with Crippen LogP contribution < -0.4 is 11.3 Å². The van der Waals surface area contributed by atoms with Crippen molar-refractivity contribution in [3.8, 4) is 0 Å². The lowest BCUT2D eigenvalue weighted by Crippen LogP contribution is -2.36. The minimum absolute atomic E-state index is 0.404. The third-order valence-electron chi connectivity index (χ3n) is 4.11. The van der Waals surface area contributed by atoms with Crippen LogP contribution in [-0.2, 0) is 6.42 Å². The molecule has 1 aromatic carbocycles. The molecule has 0 radical (unpaired) electrons. The van der Waals surface area contributed by atoms with Gasteiger partial charge in [-0.05, 0) is 37.8 Å². The predicted molar refractivity (Wildman–Crippen MR) is 88.7 cm³/mol. The van der Waals surface area contributed by atoms with Crippen LogP contribution in [0.5, 0.6) is 0 Å². The summed E-state index contributed by atoms with van der Waals surface area (Å²) >= 11 is 0. The molecule has 0 aliphatic carbocycles. The molecule has 0 aliphatic rings. The van der Waals surface area contributed by atoms with Crippen LogP contribution in [0.25, 0.3) is 0 Å². The largest absolute Gasteiger partial charge is 0.271 e. The van der Waals surface area contributed by atoms with Gasteiger partial charge >= 0.3 is 0 Å². The maximum absolute atomic E-state index is 5.72. The van der Waals surface area contributed by atoms with Crippen LogP contribution in [0.15, 0.2) is 18.2 Å². The highest BCUT2D eigenvalue weighted by Crippen LogP contribution is 2.16. The molecule has 0 saturated carbocycles. The van der Waals surface area contributed by atoms with Crippen LogP contribution in [-0.4, -0.2) is 6.04 Å². The van der Waals surface area contributed by atoms with Crippen molar-refractivity contribution in [1.29, 1.82) is 0 Å². The summed E-state index contributed by atoms with van der Waals surface area (Å²) in [6.45, 7) is 6.60. The van der Waals surface area contributed by atoms with E-state index in [1.807, 2.05) is 0 Å². The van der Waals surface area contributed by atoms with Gasteiger partial charge < -0.3 is 0 Å². The van der Waals surface area contributed by atoms with Crippen LogP contribution in [0.2, 0.25) is 0 Å². The van der Waals surface area contributed by atoms with Gasteiger partial charge in [0.05, 0.1) is 0 Å². The highest BCUT2D eigenvalue weighted by atomic mass is 15.2. The smallest absolute Gasteiger partial charge is 0.0251 e. The number of nitrogens with one attached hydrogen (secondary N) is 1. The third-order valence-corrected chi connectivity index (χ3v) is 4.11. The molecule has 2 heteroatoms. The minimum atomic E-state index is 0.404. The molecule has 20 heavy (non-hydrogen) atoms. The van der Waals surface area contributed by atoms with Crippen molar-refractivity contribution in [2.75, 3.05) is 0 Å². The van der Waals surface area contributed by atoms with Gasteiger partial charge in [0.2, 0.25) is 0 Å². The molecule has 0 amide bonds. The summed E-state index contributed by atoms with van der Waals surface area (Å²) in [5.74, 6) is 5.72. The van der Waals surface area contributed by atoms with Crippen molar-refractivity contribution in [3.05, 3.63) is 34.9 Å². The first-order valence-electron chi connectivity index (χ1n) is 8.19. The Balaban J connectivity index is 2.33. The molecule has 1 unspecified atom stereocenters. The van der Waals surface area contributed by atoms with Crippen molar-refractivity contribution in [3.63, 3.8) is 0 Å². The summed E-state index contributed by atoms with van der Waals surface area (Å²) in [7, 11) is 0. The molecule has 0 spiro atoms. The first-order valence-corrected chi connectivity index (χ1v) is 8.19. The second-order valence-electron chi connectivity index (χ2n) is 6.05. The molecule has 0 fully saturated rings. The fourth-order valence-corrected chi connectivity index (χ4v) is 2.70. The van der Waals surface area contributed by atoms with E-state index in [0.717, 1.165) is 6.42 Å². The molecule has 1 aromatic rings. The number of rotatable bonds is 10. The van der Waals surface area contributed by atoms with E-state index < -0.39 is 0 Å². The first kappa shape index (κ1) is 17.2. The Hall–Kier alpha value is -0.860. The number of hydrogen-bond acceptors (Lipinski definition) is 2. The van der Waals surface area contributed by atoms with Gasteiger partial charge in [-0.3, -0.25) is 11.3 Å². The van der Waals surface area contributed by atoms with E-state index in [2.05, 4.69) is 44.4 Å². The zero-order valence-corrected chi connectivity index (χ0v) is 13.5. The Morgan fingerprint density at radius 1 is 1.05 bits per heavy atom. The van der Waals surface area contributed by atoms with Gasteiger partial charge in [-0.15, -0.1) is 0 Å². The molecule has 3 N–H and O–H groups in total. The molecule has 1 rings (SSSR count). The standard InChI is InChI=1S/C18H32N2/c1-4-5-6-7-8-9-10-18(20-19)14-17-13-15(2)11-12-16(17)3/h11-13,18,20H,4-10,14,19H2,1-3H3. The molecule has 0 saturated heterocycles. The number of nitrogens with two attached hydrogens (primary N) is 1. The summed E-state index contributed by atoms with van der Waals surface area (Å²) in [5.41, 5.74) is 7.14. The zero-order chi connectivity index (χ0) is 14.8. The number of aryl methyl sites for hydroxylation is 2. The topological polar surface area (TPSA) is 38.0 Å². The van der Waals surface area contributed by atoms with Gasteiger partial charge in [0.25, 0.3) is 0 Å². The number of hydrogen-bond donors (Lipinski definition) is 2. The van der Waals surface area contributed by atoms with E-state index in [-0.39, 0.29) is 0 Å². The Bertz CT molecular complexity index is 374. The van der Waals surface area contributed by atoms with E-state index in [0.29, 0.717) is 6.04 Å². The fraction of sp³-hybridized carbons (Fsp3) is 0.667. The molecule has 0 heterocycles. The SMILES string of the molecule is CCCCCCCCC(Cc1cc(C)ccc1C)NN. The normalized spacial score (nSPS) is 12.6. The highest BCUT2D eigenvalue weighted by Gasteiger charge is 2.09. The molecular weight excluding hydrogens is 244 g/mol. The lowest BCUT2D eigenvalue weighted by Gasteiger charge is -2.17. The van der Waals surface area contributed by atoms with Gasteiger partial charge in [-0.2, -0.15) is 0 Å². The Kier molecular flexibility index (Phi) is 8.56. The summed E-state index contributed by atoms with van der Waals surface area (Å²) in [6.07, 6.45) is 10.3. The summed E-state index contributed by atoms with van der Waals surface area (Å²) in [4.78, 5) is 0. The van der Waals surface area contributed by atoms with E-state index >= 15 is 0 Å². The molecule has 0 aromatic heterocycles. The average molecular weight is 276 g/mol. The van der Waals surface area contributed by atoms with Crippen LogP contribution >= 0.6 is 0 Å². The quantitative estimate of drug-likeness (QED) is 0.377. The fourth-order valence-electron chi connectivity index (χ4n) is 2.70. The highest BCUT2D eigenvalue weighted by molar-refractivity contribution is 5.31. The van der Waals surface area contributed by atoms with Gasteiger partial charge in [-0.1, -0.05) is 69.2 Å². The molecule has 2 nitrogen and oxygen atoms in total. The maximum Gasteiger partial charge on any atom is 0.0251 e. The molecule has 114 valence electrons. The Labute approximate surface area is 125 Å². The van der Waals surface area contributed by atoms with E-state index in [4.69, 9.17) is 5.84 Å². The van der Waals surface area contributed by atoms with Gasteiger partial charge in [0.1, 0.15) is 0 Å².